The fourth-order valence-electron chi connectivity index (χ4n) is 1.96. The predicted octanol–water partition coefficient (Wildman–Crippen LogP) is 3.67. The second-order valence-corrected chi connectivity index (χ2v) is 5.38. The maximum Gasteiger partial charge on any atom is 0.148 e. The van der Waals surface area contributed by atoms with Gasteiger partial charge in [-0.2, -0.15) is 0 Å². The first kappa shape index (κ1) is 14.5. The average molecular weight is 347 g/mol. The lowest BCUT2D eigenvalue weighted by molar-refractivity contribution is 0.532. The number of hydrogen-bond acceptors (Lipinski definition) is 2. The van der Waals surface area contributed by atoms with Crippen molar-refractivity contribution in [2.45, 2.75) is 13.0 Å². The highest BCUT2D eigenvalue weighted by atomic mass is 79.9. The van der Waals surface area contributed by atoms with Crippen LogP contribution in [0.5, 0.6) is 0 Å². The van der Waals surface area contributed by atoms with E-state index in [9.17, 15) is 4.39 Å². The van der Waals surface area contributed by atoms with Crippen LogP contribution in [0.4, 0.5) is 4.39 Å². The normalized spacial score (nSPS) is 12.7. The number of benzene rings is 1. The van der Waals surface area contributed by atoms with Crippen LogP contribution in [0.1, 0.15) is 24.4 Å². The largest absolute Gasteiger partial charge is 0.336 e. The van der Waals surface area contributed by atoms with E-state index in [4.69, 9.17) is 11.6 Å². The molecule has 0 aliphatic rings. The summed E-state index contributed by atoms with van der Waals surface area (Å²) < 4.78 is 16.7. The first-order chi connectivity index (χ1) is 9.06. The summed E-state index contributed by atoms with van der Waals surface area (Å²) in [6.07, 6.45) is 3.52. The van der Waals surface area contributed by atoms with Gasteiger partial charge < -0.3 is 9.88 Å². The SMILES string of the molecule is CCNC(c1ccc(Br)c(Cl)c1F)c1nccn1C. The molecule has 1 aromatic heterocycles. The fraction of sp³-hybridized carbons (Fsp3) is 0.308. The van der Waals surface area contributed by atoms with Crippen molar-refractivity contribution in [1.82, 2.24) is 14.9 Å². The molecule has 1 unspecified atom stereocenters. The molecule has 0 fully saturated rings. The summed E-state index contributed by atoms with van der Waals surface area (Å²) >= 11 is 9.17. The molecule has 3 nitrogen and oxygen atoms in total. The molecule has 2 rings (SSSR count). The lowest BCUT2D eigenvalue weighted by atomic mass is 10.1. The number of aromatic nitrogens is 2. The summed E-state index contributed by atoms with van der Waals surface area (Å²) in [5.74, 6) is 0.323. The van der Waals surface area contributed by atoms with Crippen molar-refractivity contribution in [1.29, 1.82) is 0 Å². The van der Waals surface area contributed by atoms with Crippen LogP contribution >= 0.6 is 27.5 Å². The molecule has 2 aromatic rings. The van der Waals surface area contributed by atoms with Gasteiger partial charge in [-0.15, -0.1) is 0 Å². The summed E-state index contributed by atoms with van der Waals surface area (Å²) in [6, 6.07) is 3.14. The van der Waals surface area contributed by atoms with Gasteiger partial charge in [-0.05, 0) is 28.5 Å². The first-order valence-electron chi connectivity index (χ1n) is 5.90. The van der Waals surface area contributed by atoms with Crippen molar-refractivity contribution < 1.29 is 4.39 Å². The Bertz CT molecular complexity index is 585. The highest BCUT2D eigenvalue weighted by molar-refractivity contribution is 9.10. The Labute approximate surface area is 124 Å². The quantitative estimate of drug-likeness (QED) is 0.856. The molecule has 0 saturated heterocycles. The molecule has 1 atom stereocenters. The third kappa shape index (κ3) is 2.83. The van der Waals surface area contributed by atoms with E-state index in [1.54, 1.807) is 18.3 Å². The second-order valence-electron chi connectivity index (χ2n) is 4.15. The summed E-state index contributed by atoms with van der Waals surface area (Å²) in [6.45, 7) is 2.67. The number of nitrogens with one attached hydrogen (secondary N) is 1. The van der Waals surface area contributed by atoms with Crippen LogP contribution in [-0.2, 0) is 7.05 Å². The zero-order chi connectivity index (χ0) is 14.0. The summed E-state index contributed by atoms with van der Waals surface area (Å²) in [7, 11) is 1.88. The molecular formula is C13H14BrClFN3. The van der Waals surface area contributed by atoms with Crippen molar-refractivity contribution in [2.75, 3.05) is 6.54 Å². The van der Waals surface area contributed by atoms with E-state index in [0.29, 0.717) is 16.6 Å². The minimum Gasteiger partial charge on any atom is -0.336 e. The molecule has 0 aliphatic carbocycles. The van der Waals surface area contributed by atoms with Crippen LogP contribution < -0.4 is 5.32 Å². The Kier molecular flexibility index (Phi) is 4.60. The van der Waals surface area contributed by atoms with Gasteiger partial charge in [0, 0.05) is 29.5 Å². The zero-order valence-corrected chi connectivity index (χ0v) is 13.0. The maximum absolute atomic E-state index is 14.3. The third-order valence-electron chi connectivity index (χ3n) is 2.90. The molecule has 19 heavy (non-hydrogen) atoms. The number of imidazole rings is 1. The van der Waals surface area contributed by atoms with Crippen molar-refractivity contribution in [3.8, 4) is 0 Å². The van der Waals surface area contributed by atoms with Crippen molar-refractivity contribution in [3.05, 3.63) is 51.2 Å². The lowest BCUT2D eigenvalue weighted by Crippen LogP contribution is -2.25. The van der Waals surface area contributed by atoms with Crippen LogP contribution in [0.25, 0.3) is 0 Å². The van der Waals surface area contributed by atoms with E-state index >= 15 is 0 Å². The van der Waals surface area contributed by atoms with Gasteiger partial charge in [-0.3, -0.25) is 0 Å². The molecule has 1 heterocycles. The molecule has 0 amide bonds. The Morgan fingerprint density at radius 1 is 1.53 bits per heavy atom. The van der Waals surface area contributed by atoms with Crippen molar-refractivity contribution in [2.24, 2.45) is 7.05 Å². The van der Waals surface area contributed by atoms with E-state index in [-0.39, 0.29) is 11.1 Å². The summed E-state index contributed by atoms with van der Waals surface area (Å²) in [4.78, 5) is 4.28. The molecular weight excluding hydrogens is 333 g/mol. The second kappa shape index (κ2) is 6.03. The summed E-state index contributed by atoms with van der Waals surface area (Å²) in [5, 5.41) is 3.32. The van der Waals surface area contributed by atoms with Gasteiger partial charge in [0.15, 0.2) is 0 Å². The number of rotatable bonds is 4. The van der Waals surface area contributed by atoms with Crippen LogP contribution in [-0.4, -0.2) is 16.1 Å². The van der Waals surface area contributed by atoms with Crippen molar-refractivity contribution in [3.63, 3.8) is 0 Å². The van der Waals surface area contributed by atoms with Gasteiger partial charge in [0.2, 0.25) is 0 Å². The maximum atomic E-state index is 14.3. The van der Waals surface area contributed by atoms with Gasteiger partial charge in [0.25, 0.3) is 0 Å². The van der Waals surface area contributed by atoms with Gasteiger partial charge in [-0.25, -0.2) is 9.37 Å². The van der Waals surface area contributed by atoms with Crippen LogP contribution in [0.3, 0.4) is 0 Å². The number of halogens is 3. The van der Waals surface area contributed by atoms with Gasteiger partial charge in [0.05, 0.1) is 11.1 Å². The highest BCUT2D eigenvalue weighted by Crippen LogP contribution is 2.32. The van der Waals surface area contributed by atoms with E-state index in [1.165, 1.54) is 0 Å². The van der Waals surface area contributed by atoms with Gasteiger partial charge in [-0.1, -0.05) is 24.6 Å². The Morgan fingerprint density at radius 2 is 2.26 bits per heavy atom. The summed E-state index contributed by atoms with van der Waals surface area (Å²) in [5.41, 5.74) is 0.490. The molecule has 0 radical (unpaired) electrons. The number of hydrogen-bond donors (Lipinski definition) is 1. The molecule has 0 spiro atoms. The standard InChI is InChI=1S/C13H14BrClFN3/c1-3-17-12(13-18-6-7-19(13)2)8-4-5-9(14)10(15)11(8)16/h4-7,12,17H,3H2,1-2H3. The van der Waals surface area contributed by atoms with Crippen LogP contribution in [0.15, 0.2) is 29.0 Å². The smallest absolute Gasteiger partial charge is 0.148 e. The number of nitrogens with zero attached hydrogens (tertiary/aromatic N) is 2. The topological polar surface area (TPSA) is 29.9 Å². The first-order valence-corrected chi connectivity index (χ1v) is 7.07. The molecule has 102 valence electrons. The van der Waals surface area contributed by atoms with Crippen LogP contribution in [0, 0.1) is 5.82 Å². The molecule has 1 N–H and O–H groups in total. The number of aryl methyl sites for hydroxylation is 1. The lowest BCUT2D eigenvalue weighted by Gasteiger charge is -2.19. The monoisotopic (exact) mass is 345 g/mol. The molecule has 0 bridgehead atoms. The highest BCUT2D eigenvalue weighted by Gasteiger charge is 2.22. The Morgan fingerprint density at radius 3 is 2.84 bits per heavy atom. The minimum absolute atomic E-state index is 0.0922. The third-order valence-corrected chi connectivity index (χ3v) is 4.16. The van der Waals surface area contributed by atoms with Crippen LogP contribution in [0.2, 0.25) is 5.02 Å². The Balaban J connectivity index is 2.52. The van der Waals surface area contributed by atoms with Gasteiger partial charge >= 0.3 is 0 Å². The molecule has 0 aliphatic heterocycles. The van der Waals surface area contributed by atoms with E-state index in [1.807, 2.05) is 24.7 Å². The minimum atomic E-state index is -0.426. The Hall–Kier alpha value is -0.910. The van der Waals surface area contributed by atoms with E-state index in [0.717, 1.165) is 5.82 Å². The predicted molar refractivity (Wildman–Crippen MR) is 77.8 cm³/mol. The molecule has 6 heteroatoms. The fourth-order valence-corrected chi connectivity index (χ4v) is 2.44. The van der Waals surface area contributed by atoms with Gasteiger partial charge in [0.1, 0.15) is 11.6 Å². The average Bonchev–Trinajstić information content (AvgIpc) is 2.80. The van der Waals surface area contributed by atoms with Crippen molar-refractivity contribution >= 4 is 27.5 Å². The molecule has 0 saturated carbocycles. The van der Waals surface area contributed by atoms with E-state index in [2.05, 4.69) is 26.2 Å². The van der Waals surface area contributed by atoms with E-state index < -0.39 is 5.82 Å². The zero-order valence-electron chi connectivity index (χ0n) is 10.6. The molecule has 1 aromatic carbocycles.